The molecule has 0 unspecified atom stereocenters. The third-order valence-electron chi connectivity index (χ3n) is 4.20. The first-order chi connectivity index (χ1) is 11.2. The molecule has 1 aromatic heterocycles. The fraction of sp³-hybridized carbons (Fsp3) is 0.158. The number of hydrogen-bond donors (Lipinski definition) is 1. The highest BCUT2D eigenvalue weighted by molar-refractivity contribution is 6.08. The predicted molar refractivity (Wildman–Crippen MR) is 88.1 cm³/mol. The highest BCUT2D eigenvalue weighted by atomic mass is 19.1. The fourth-order valence-electron chi connectivity index (χ4n) is 2.86. The summed E-state index contributed by atoms with van der Waals surface area (Å²) < 4.78 is 13.0. The van der Waals surface area contributed by atoms with Gasteiger partial charge in [0.15, 0.2) is 0 Å². The molecule has 0 aliphatic heterocycles. The highest BCUT2D eigenvalue weighted by Crippen LogP contribution is 2.43. The van der Waals surface area contributed by atoms with E-state index < -0.39 is 0 Å². The topological polar surface area (TPSA) is 42.0 Å². The molecule has 114 valence electrons. The highest BCUT2D eigenvalue weighted by Gasteiger charge is 2.25. The number of rotatable bonds is 3. The minimum Gasteiger partial charge on any atom is -0.306 e. The number of nitrogens with zero attached hydrogens (tertiary/aromatic N) is 1. The molecule has 3 aromatic rings. The average molecular weight is 306 g/mol. The van der Waals surface area contributed by atoms with Gasteiger partial charge in [0, 0.05) is 17.1 Å². The van der Waals surface area contributed by atoms with Gasteiger partial charge in [-0.2, -0.15) is 0 Å². The number of pyridine rings is 1. The molecule has 0 atom stereocenters. The number of benzene rings is 2. The van der Waals surface area contributed by atoms with E-state index in [1.165, 1.54) is 42.7 Å². The zero-order valence-electron chi connectivity index (χ0n) is 12.4. The van der Waals surface area contributed by atoms with Gasteiger partial charge >= 0.3 is 0 Å². The van der Waals surface area contributed by atoms with Gasteiger partial charge in [-0.15, -0.1) is 0 Å². The Morgan fingerprint density at radius 2 is 1.83 bits per heavy atom. The molecule has 23 heavy (non-hydrogen) atoms. The number of halogens is 1. The Morgan fingerprint density at radius 1 is 1.04 bits per heavy atom. The van der Waals surface area contributed by atoms with Crippen LogP contribution in [-0.4, -0.2) is 10.9 Å². The Morgan fingerprint density at radius 3 is 2.57 bits per heavy atom. The van der Waals surface area contributed by atoms with Crippen molar-refractivity contribution in [1.82, 2.24) is 4.98 Å². The molecule has 2 aromatic carbocycles. The maximum atomic E-state index is 13.0. The first kappa shape index (κ1) is 13.9. The molecule has 1 saturated carbocycles. The van der Waals surface area contributed by atoms with E-state index in [0.29, 0.717) is 17.3 Å². The Kier molecular flexibility index (Phi) is 3.30. The lowest BCUT2D eigenvalue weighted by atomic mass is 10.0. The van der Waals surface area contributed by atoms with Crippen LogP contribution in [0.3, 0.4) is 0 Å². The molecule has 1 heterocycles. The number of carbonyl (C=O) groups is 1. The minimum atomic E-state index is -0.362. The Labute approximate surface area is 133 Å². The largest absolute Gasteiger partial charge is 0.306 e. The average Bonchev–Trinajstić information content (AvgIpc) is 3.40. The standard InChI is InChI=1S/C19H15FN2O/c20-14-8-6-13(7-9-14)19(23)22-18-17-3-1-2-15(12-4-5-12)16(17)10-11-21-18/h1-3,6-12H,4-5H2,(H,21,22,23). The van der Waals surface area contributed by atoms with Crippen molar-refractivity contribution in [3.05, 3.63) is 71.7 Å². The van der Waals surface area contributed by atoms with Gasteiger partial charge in [0.25, 0.3) is 5.91 Å². The second-order valence-electron chi connectivity index (χ2n) is 5.84. The van der Waals surface area contributed by atoms with Gasteiger partial charge < -0.3 is 5.32 Å². The summed E-state index contributed by atoms with van der Waals surface area (Å²) in [6, 6.07) is 13.6. The molecule has 0 radical (unpaired) electrons. The lowest BCUT2D eigenvalue weighted by Gasteiger charge is -2.10. The first-order valence-electron chi connectivity index (χ1n) is 7.67. The summed E-state index contributed by atoms with van der Waals surface area (Å²) in [5, 5.41) is 4.91. The molecule has 1 amide bonds. The minimum absolute atomic E-state index is 0.290. The van der Waals surface area contributed by atoms with Crippen molar-refractivity contribution in [3.63, 3.8) is 0 Å². The van der Waals surface area contributed by atoms with E-state index in [9.17, 15) is 9.18 Å². The molecule has 1 fully saturated rings. The van der Waals surface area contributed by atoms with Crippen molar-refractivity contribution in [3.8, 4) is 0 Å². The van der Waals surface area contributed by atoms with Gasteiger partial charge in [0.2, 0.25) is 0 Å². The smallest absolute Gasteiger partial charge is 0.256 e. The maximum Gasteiger partial charge on any atom is 0.256 e. The molecule has 1 aliphatic carbocycles. The van der Waals surface area contributed by atoms with Crippen molar-refractivity contribution in [2.45, 2.75) is 18.8 Å². The number of anilines is 1. The van der Waals surface area contributed by atoms with Gasteiger partial charge in [-0.1, -0.05) is 18.2 Å². The van der Waals surface area contributed by atoms with Crippen LogP contribution in [0.2, 0.25) is 0 Å². The summed E-state index contributed by atoms with van der Waals surface area (Å²) in [6.45, 7) is 0. The SMILES string of the molecule is O=C(Nc1nccc2c(C3CC3)cccc12)c1ccc(F)cc1. The predicted octanol–water partition coefficient (Wildman–Crippen LogP) is 4.50. The summed E-state index contributed by atoms with van der Waals surface area (Å²) in [5.74, 6) is 0.516. The number of fused-ring (bicyclic) bond motifs is 1. The summed E-state index contributed by atoms with van der Waals surface area (Å²) >= 11 is 0. The van der Waals surface area contributed by atoms with Gasteiger partial charge in [-0.05, 0) is 60.0 Å². The van der Waals surface area contributed by atoms with Crippen molar-refractivity contribution in [2.24, 2.45) is 0 Å². The molecular formula is C19H15FN2O. The quantitative estimate of drug-likeness (QED) is 0.774. The Hall–Kier alpha value is -2.75. The molecule has 0 bridgehead atoms. The van der Waals surface area contributed by atoms with Crippen LogP contribution in [0.5, 0.6) is 0 Å². The molecule has 3 nitrogen and oxygen atoms in total. The second-order valence-corrected chi connectivity index (χ2v) is 5.84. The van der Waals surface area contributed by atoms with E-state index in [-0.39, 0.29) is 11.7 Å². The van der Waals surface area contributed by atoms with E-state index in [1.807, 2.05) is 18.2 Å². The van der Waals surface area contributed by atoms with Crippen LogP contribution >= 0.6 is 0 Å². The third-order valence-corrected chi connectivity index (χ3v) is 4.20. The van der Waals surface area contributed by atoms with Crippen molar-refractivity contribution < 1.29 is 9.18 Å². The van der Waals surface area contributed by atoms with E-state index in [4.69, 9.17) is 0 Å². The van der Waals surface area contributed by atoms with Crippen molar-refractivity contribution in [2.75, 3.05) is 5.32 Å². The van der Waals surface area contributed by atoms with Gasteiger partial charge in [-0.3, -0.25) is 4.79 Å². The number of nitrogens with one attached hydrogen (secondary N) is 1. The third kappa shape index (κ3) is 2.68. The maximum absolute atomic E-state index is 13.0. The zero-order valence-corrected chi connectivity index (χ0v) is 12.4. The molecule has 1 N–H and O–H groups in total. The normalized spacial score (nSPS) is 14.0. The van der Waals surface area contributed by atoms with Gasteiger partial charge in [0.1, 0.15) is 11.6 Å². The lowest BCUT2D eigenvalue weighted by Crippen LogP contribution is -2.13. The molecule has 4 heteroatoms. The molecule has 4 rings (SSSR count). The van der Waals surface area contributed by atoms with Gasteiger partial charge in [-0.25, -0.2) is 9.37 Å². The molecule has 0 saturated heterocycles. The summed E-state index contributed by atoms with van der Waals surface area (Å²) in [7, 11) is 0. The van der Waals surface area contributed by atoms with Crippen LogP contribution < -0.4 is 5.32 Å². The molecular weight excluding hydrogens is 291 g/mol. The first-order valence-corrected chi connectivity index (χ1v) is 7.67. The zero-order chi connectivity index (χ0) is 15.8. The summed E-state index contributed by atoms with van der Waals surface area (Å²) in [4.78, 5) is 16.6. The second kappa shape index (κ2) is 5.47. The van der Waals surface area contributed by atoms with E-state index in [1.54, 1.807) is 6.20 Å². The van der Waals surface area contributed by atoms with E-state index in [0.717, 1.165) is 10.8 Å². The number of aromatic nitrogens is 1. The van der Waals surface area contributed by atoms with E-state index >= 15 is 0 Å². The monoisotopic (exact) mass is 306 g/mol. The van der Waals surface area contributed by atoms with Crippen LogP contribution in [0, 0.1) is 5.82 Å². The molecule has 0 spiro atoms. The lowest BCUT2D eigenvalue weighted by molar-refractivity contribution is 0.102. The summed E-state index contributed by atoms with van der Waals surface area (Å²) in [5.41, 5.74) is 1.73. The number of carbonyl (C=O) groups excluding carboxylic acids is 1. The van der Waals surface area contributed by atoms with Crippen LogP contribution in [0.25, 0.3) is 10.8 Å². The summed E-state index contributed by atoms with van der Waals surface area (Å²) in [6.07, 6.45) is 4.16. The van der Waals surface area contributed by atoms with E-state index in [2.05, 4.69) is 16.4 Å². The van der Waals surface area contributed by atoms with Crippen molar-refractivity contribution in [1.29, 1.82) is 0 Å². The fourth-order valence-corrected chi connectivity index (χ4v) is 2.86. The van der Waals surface area contributed by atoms with Crippen LogP contribution in [0.4, 0.5) is 10.2 Å². The Bertz CT molecular complexity index is 886. The Balaban J connectivity index is 1.70. The number of hydrogen-bond acceptors (Lipinski definition) is 2. The molecule has 1 aliphatic rings. The van der Waals surface area contributed by atoms with Crippen LogP contribution in [0.1, 0.15) is 34.7 Å². The van der Waals surface area contributed by atoms with Crippen LogP contribution in [-0.2, 0) is 0 Å². The van der Waals surface area contributed by atoms with Gasteiger partial charge in [0.05, 0.1) is 0 Å². The number of amides is 1. The van der Waals surface area contributed by atoms with Crippen molar-refractivity contribution >= 4 is 22.5 Å². The van der Waals surface area contributed by atoms with Crippen LogP contribution in [0.15, 0.2) is 54.7 Å².